The van der Waals surface area contributed by atoms with Crippen molar-refractivity contribution < 1.29 is 19.1 Å². The van der Waals surface area contributed by atoms with E-state index >= 15 is 0 Å². The summed E-state index contributed by atoms with van der Waals surface area (Å²) in [6, 6.07) is 6.12. The molecule has 0 amide bonds. The number of esters is 2. The highest BCUT2D eigenvalue weighted by molar-refractivity contribution is 7.98. The maximum Gasteiger partial charge on any atom is 0.323 e. The first-order chi connectivity index (χ1) is 11.5. The number of rotatable bonds is 6. The highest BCUT2D eigenvalue weighted by Crippen LogP contribution is 2.45. The van der Waals surface area contributed by atoms with E-state index in [2.05, 4.69) is 12.6 Å². The SMILES string of the molecule is C=CC1CC(C(=O)OCC)(C(=O)OCC)Cc2ccc(SC)cc21. The van der Waals surface area contributed by atoms with E-state index in [1.165, 1.54) is 0 Å². The topological polar surface area (TPSA) is 52.6 Å². The second kappa shape index (κ2) is 7.88. The number of carbonyl (C=O) groups excluding carboxylic acids is 2. The molecule has 0 aromatic heterocycles. The lowest BCUT2D eigenvalue weighted by Gasteiger charge is -2.37. The van der Waals surface area contributed by atoms with Crippen molar-refractivity contribution in [3.05, 3.63) is 42.0 Å². The molecule has 1 unspecified atom stereocenters. The summed E-state index contributed by atoms with van der Waals surface area (Å²) in [7, 11) is 0. The molecule has 130 valence electrons. The molecule has 5 heteroatoms. The van der Waals surface area contributed by atoms with Gasteiger partial charge in [-0.3, -0.25) is 9.59 Å². The van der Waals surface area contributed by atoms with E-state index in [1.54, 1.807) is 31.7 Å². The highest BCUT2D eigenvalue weighted by atomic mass is 32.2. The van der Waals surface area contributed by atoms with Crippen molar-refractivity contribution in [1.82, 2.24) is 0 Å². The number of fused-ring (bicyclic) bond motifs is 1. The van der Waals surface area contributed by atoms with Crippen LogP contribution < -0.4 is 0 Å². The van der Waals surface area contributed by atoms with Crippen molar-refractivity contribution in [1.29, 1.82) is 0 Å². The van der Waals surface area contributed by atoms with Crippen LogP contribution in [-0.4, -0.2) is 31.4 Å². The van der Waals surface area contributed by atoms with Gasteiger partial charge in [0.15, 0.2) is 5.41 Å². The molecule has 4 nitrogen and oxygen atoms in total. The molecule has 0 saturated heterocycles. The van der Waals surface area contributed by atoms with Gasteiger partial charge in [0.2, 0.25) is 0 Å². The van der Waals surface area contributed by atoms with E-state index in [0.29, 0.717) is 12.8 Å². The van der Waals surface area contributed by atoms with Crippen molar-refractivity contribution in [2.75, 3.05) is 19.5 Å². The van der Waals surface area contributed by atoms with Gasteiger partial charge in [0.1, 0.15) is 0 Å². The van der Waals surface area contributed by atoms with Crippen molar-refractivity contribution in [2.45, 2.75) is 37.5 Å². The van der Waals surface area contributed by atoms with Gasteiger partial charge in [0, 0.05) is 10.8 Å². The van der Waals surface area contributed by atoms with Crippen molar-refractivity contribution in [3.63, 3.8) is 0 Å². The molecule has 1 aromatic carbocycles. The van der Waals surface area contributed by atoms with Crippen LogP contribution in [0.5, 0.6) is 0 Å². The average Bonchev–Trinajstić information content (AvgIpc) is 2.60. The third kappa shape index (κ3) is 3.36. The molecule has 1 atom stereocenters. The zero-order chi connectivity index (χ0) is 17.7. The van der Waals surface area contributed by atoms with E-state index in [-0.39, 0.29) is 19.1 Å². The van der Waals surface area contributed by atoms with Gasteiger partial charge >= 0.3 is 11.9 Å². The Balaban J connectivity index is 2.51. The molecule has 0 bridgehead atoms. The number of ether oxygens (including phenoxy) is 2. The quantitative estimate of drug-likeness (QED) is 0.339. The minimum atomic E-state index is -1.29. The Morgan fingerprint density at radius 2 is 1.92 bits per heavy atom. The van der Waals surface area contributed by atoms with Crippen LogP contribution in [0, 0.1) is 5.41 Å². The molecule has 0 heterocycles. The van der Waals surface area contributed by atoms with E-state index in [9.17, 15) is 9.59 Å². The van der Waals surface area contributed by atoms with Crippen molar-refractivity contribution in [3.8, 4) is 0 Å². The summed E-state index contributed by atoms with van der Waals surface area (Å²) in [5.74, 6) is -1.10. The zero-order valence-corrected chi connectivity index (χ0v) is 15.3. The van der Waals surface area contributed by atoms with E-state index in [0.717, 1.165) is 16.0 Å². The standard InChI is InChI=1S/C19H24O4S/c1-5-13-11-19(17(20)22-6-2,18(21)23-7-3)12-14-8-9-15(24-4)10-16(13)14/h5,8-10,13H,1,6-7,11-12H2,2-4H3. The number of hydrogen-bond donors (Lipinski definition) is 0. The van der Waals surface area contributed by atoms with E-state index in [1.807, 2.05) is 18.4 Å². The van der Waals surface area contributed by atoms with Gasteiger partial charge in [-0.2, -0.15) is 0 Å². The Hall–Kier alpha value is -1.75. The summed E-state index contributed by atoms with van der Waals surface area (Å²) in [5.41, 5.74) is 0.810. The maximum absolute atomic E-state index is 12.7. The van der Waals surface area contributed by atoms with Crippen LogP contribution in [0.4, 0.5) is 0 Å². The molecular formula is C19H24O4S. The average molecular weight is 348 g/mol. The Labute approximate surface area is 147 Å². The first-order valence-corrected chi connectivity index (χ1v) is 9.38. The van der Waals surface area contributed by atoms with Crippen LogP contribution in [0.25, 0.3) is 0 Å². The van der Waals surface area contributed by atoms with Crippen LogP contribution >= 0.6 is 11.8 Å². The number of thioether (sulfide) groups is 1. The fraction of sp³-hybridized carbons (Fsp3) is 0.474. The molecule has 1 aliphatic rings. The third-order valence-corrected chi connectivity index (χ3v) is 5.16. The van der Waals surface area contributed by atoms with Crippen LogP contribution in [0.1, 0.15) is 37.3 Å². The smallest absolute Gasteiger partial charge is 0.323 e. The second-order valence-corrected chi connectivity index (χ2v) is 6.69. The summed E-state index contributed by atoms with van der Waals surface area (Å²) in [5, 5.41) is 0. The van der Waals surface area contributed by atoms with Gasteiger partial charge in [-0.25, -0.2) is 0 Å². The number of allylic oxidation sites excluding steroid dienone is 1. The summed E-state index contributed by atoms with van der Waals surface area (Å²) >= 11 is 1.67. The normalized spacial score (nSPS) is 18.4. The Kier molecular flexibility index (Phi) is 6.10. The molecule has 0 fully saturated rings. The minimum Gasteiger partial charge on any atom is -0.465 e. The fourth-order valence-electron chi connectivity index (χ4n) is 3.23. The molecule has 0 radical (unpaired) electrons. The van der Waals surface area contributed by atoms with Crippen LogP contribution in [0.2, 0.25) is 0 Å². The molecule has 2 rings (SSSR count). The van der Waals surface area contributed by atoms with Crippen molar-refractivity contribution >= 4 is 23.7 Å². The van der Waals surface area contributed by atoms with Gasteiger partial charge in [-0.15, -0.1) is 18.3 Å². The molecule has 0 N–H and O–H groups in total. The first-order valence-electron chi connectivity index (χ1n) is 8.16. The van der Waals surface area contributed by atoms with Crippen molar-refractivity contribution in [2.24, 2.45) is 5.41 Å². The van der Waals surface area contributed by atoms with Gasteiger partial charge in [0.25, 0.3) is 0 Å². The van der Waals surface area contributed by atoms with Crippen LogP contribution in [0.15, 0.2) is 35.7 Å². The molecule has 0 spiro atoms. The monoisotopic (exact) mass is 348 g/mol. The first kappa shape index (κ1) is 18.6. The van der Waals surface area contributed by atoms with Gasteiger partial charge in [-0.05, 0) is 56.2 Å². The summed E-state index contributed by atoms with van der Waals surface area (Å²) < 4.78 is 10.5. The lowest BCUT2D eigenvalue weighted by molar-refractivity contribution is -0.173. The van der Waals surface area contributed by atoms with E-state index in [4.69, 9.17) is 9.47 Å². The molecule has 0 aliphatic heterocycles. The summed E-state index contributed by atoms with van der Waals surface area (Å²) in [6.45, 7) is 7.85. The maximum atomic E-state index is 12.7. The molecular weight excluding hydrogens is 324 g/mol. The Morgan fingerprint density at radius 1 is 1.29 bits per heavy atom. The largest absolute Gasteiger partial charge is 0.465 e. The second-order valence-electron chi connectivity index (χ2n) is 5.81. The number of hydrogen-bond acceptors (Lipinski definition) is 5. The minimum absolute atomic E-state index is 0.0883. The number of benzene rings is 1. The van der Waals surface area contributed by atoms with Crippen LogP contribution in [0.3, 0.4) is 0 Å². The van der Waals surface area contributed by atoms with Crippen LogP contribution in [-0.2, 0) is 25.5 Å². The molecule has 1 aliphatic carbocycles. The van der Waals surface area contributed by atoms with Gasteiger partial charge < -0.3 is 9.47 Å². The van der Waals surface area contributed by atoms with Gasteiger partial charge in [0.05, 0.1) is 13.2 Å². The predicted octanol–water partition coefficient (Wildman–Crippen LogP) is 3.74. The fourth-order valence-corrected chi connectivity index (χ4v) is 3.68. The molecule has 0 saturated carbocycles. The van der Waals surface area contributed by atoms with E-state index < -0.39 is 17.4 Å². The summed E-state index contributed by atoms with van der Waals surface area (Å²) in [6.07, 6.45) is 4.46. The zero-order valence-electron chi connectivity index (χ0n) is 14.5. The predicted molar refractivity (Wildman–Crippen MR) is 95.2 cm³/mol. The lowest BCUT2D eigenvalue weighted by atomic mass is 9.67. The Morgan fingerprint density at radius 3 is 2.42 bits per heavy atom. The third-order valence-electron chi connectivity index (χ3n) is 4.43. The highest BCUT2D eigenvalue weighted by Gasteiger charge is 2.52. The summed E-state index contributed by atoms with van der Waals surface area (Å²) in [4.78, 5) is 26.5. The molecule has 24 heavy (non-hydrogen) atoms. The number of carbonyl (C=O) groups is 2. The molecule has 1 aromatic rings. The Bertz CT molecular complexity index is 620. The lowest BCUT2D eigenvalue weighted by Crippen LogP contribution is -2.47. The van der Waals surface area contributed by atoms with Gasteiger partial charge in [-0.1, -0.05) is 12.1 Å².